The monoisotopic (exact) mass is 366 g/mol. The van der Waals surface area contributed by atoms with Crippen molar-refractivity contribution in [2.45, 2.75) is 12.6 Å². The van der Waals surface area contributed by atoms with Gasteiger partial charge in [0.25, 0.3) is 0 Å². The van der Waals surface area contributed by atoms with Crippen molar-refractivity contribution in [2.75, 3.05) is 37.4 Å². The number of hydrogen-bond donors (Lipinski definition) is 1. The van der Waals surface area contributed by atoms with Crippen LogP contribution in [-0.4, -0.2) is 50.7 Å². The van der Waals surface area contributed by atoms with Gasteiger partial charge in [-0.3, -0.25) is 4.79 Å². The second kappa shape index (κ2) is 7.49. The van der Waals surface area contributed by atoms with E-state index in [9.17, 15) is 26.4 Å². The number of amides is 1. The third kappa shape index (κ3) is 5.18. The molecule has 1 N–H and O–H groups in total. The van der Waals surface area contributed by atoms with Crippen LogP contribution >= 0.6 is 0 Å². The smallest absolute Gasteiger partial charge is 0.379 e. The normalized spacial score (nSPS) is 16.8. The van der Waals surface area contributed by atoms with Crippen LogP contribution < -0.4 is 5.32 Å². The molecule has 0 saturated carbocycles. The Hall–Kier alpha value is -1.65. The zero-order valence-electron chi connectivity index (χ0n) is 12.7. The lowest BCUT2D eigenvalue weighted by Gasteiger charge is -2.25. The number of sulfonamides is 1. The lowest BCUT2D eigenvalue weighted by atomic mass is 10.2. The highest BCUT2D eigenvalue weighted by molar-refractivity contribution is 7.89. The summed E-state index contributed by atoms with van der Waals surface area (Å²) < 4.78 is 68.3. The van der Waals surface area contributed by atoms with Crippen molar-refractivity contribution in [1.29, 1.82) is 0 Å². The summed E-state index contributed by atoms with van der Waals surface area (Å²) in [6, 6.07) is 4.17. The van der Waals surface area contributed by atoms with E-state index < -0.39 is 33.4 Å². The number of nitrogens with zero attached hydrogens (tertiary/aromatic N) is 1. The van der Waals surface area contributed by atoms with Gasteiger partial charge in [0.1, 0.15) is 0 Å². The van der Waals surface area contributed by atoms with Gasteiger partial charge in [0.15, 0.2) is 0 Å². The highest BCUT2D eigenvalue weighted by atomic mass is 32.2. The fraction of sp³-hybridized carbons (Fsp3) is 0.500. The number of hydrogen-bond acceptors (Lipinski definition) is 4. The fourth-order valence-corrected chi connectivity index (χ4v) is 3.58. The summed E-state index contributed by atoms with van der Waals surface area (Å²) in [5, 5.41) is 2.28. The van der Waals surface area contributed by atoms with E-state index in [1.54, 1.807) is 0 Å². The minimum absolute atomic E-state index is 0.0291. The van der Waals surface area contributed by atoms with E-state index in [1.807, 2.05) is 0 Å². The molecule has 1 fully saturated rings. The second-order valence-corrected chi connectivity index (χ2v) is 7.29. The zero-order chi connectivity index (χ0) is 17.8. The molecular weight excluding hydrogens is 349 g/mol. The van der Waals surface area contributed by atoms with Crippen LogP contribution in [0.3, 0.4) is 0 Å². The SMILES string of the molecule is O=C(CCS(=O)(=O)N1CCOCC1)Nc1cccc(C(F)(F)F)c1. The molecular formula is C14H17F3N2O4S. The van der Waals surface area contributed by atoms with E-state index >= 15 is 0 Å². The van der Waals surface area contributed by atoms with Crippen LogP contribution in [0.15, 0.2) is 24.3 Å². The van der Waals surface area contributed by atoms with Crippen LogP contribution in [0.25, 0.3) is 0 Å². The summed E-state index contributed by atoms with van der Waals surface area (Å²) in [6.45, 7) is 1.07. The molecule has 6 nitrogen and oxygen atoms in total. The summed E-state index contributed by atoms with van der Waals surface area (Å²) in [7, 11) is -3.59. The van der Waals surface area contributed by atoms with E-state index in [0.29, 0.717) is 13.2 Å². The summed E-state index contributed by atoms with van der Waals surface area (Å²) >= 11 is 0. The van der Waals surface area contributed by atoms with Crippen LogP contribution in [-0.2, 0) is 25.7 Å². The number of anilines is 1. The number of ether oxygens (including phenoxy) is 1. The van der Waals surface area contributed by atoms with E-state index in [0.717, 1.165) is 12.1 Å². The first-order valence-electron chi connectivity index (χ1n) is 7.21. The second-order valence-electron chi connectivity index (χ2n) is 5.20. The van der Waals surface area contributed by atoms with Crippen LogP contribution in [0.4, 0.5) is 18.9 Å². The Balaban J connectivity index is 1.91. The van der Waals surface area contributed by atoms with Crippen molar-refractivity contribution >= 4 is 21.6 Å². The molecule has 0 atom stereocenters. The lowest BCUT2D eigenvalue weighted by molar-refractivity contribution is -0.137. The van der Waals surface area contributed by atoms with Gasteiger partial charge in [0.2, 0.25) is 15.9 Å². The van der Waals surface area contributed by atoms with Crippen molar-refractivity contribution in [3.63, 3.8) is 0 Å². The molecule has 0 unspecified atom stereocenters. The van der Waals surface area contributed by atoms with E-state index in [1.165, 1.54) is 16.4 Å². The van der Waals surface area contributed by atoms with Crippen LogP contribution in [0.2, 0.25) is 0 Å². The lowest BCUT2D eigenvalue weighted by Crippen LogP contribution is -2.42. The number of alkyl halides is 3. The average molecular weight is 366 g/mol. The first-order valence-corrected chi connectivity index (χ1v) is 8.82. The van der Waals surface area contributed by atoms with Crippen LogP contribution in [0, 0.1) is 0 Å². The Bertz CT molecular complexity index is 686. The number of morpholine rings is 1. The molecule has 0 aliphatic carbocycles. The number of carbonyl (C=O) groups excluding carboxylic acids is 1. The Labute approximate surface area is 137 Å². The maximum absolute atomic E-state index is 12.6. The van der Waals surface area contributed by atoms with Gasteiger partial charge < -0.3 is 10.1 Å². The zero-order valence-corrected chi connectivity index (χ0v) is 13.5. The van der Waals surface area contributed by atoms with Gasteiger partial charge >= 0.3 is 6.18 Å². The molecule has 0 bridgehead atoms. The van der Waals surface area contributed by atoms with Gasteiger partial charge in [-0.1, -0.05) is 6.07 Å². The standard InChI is InChI=1S/C14H17F3N2O4S/c15-14(16,17)11-2-1-3-12(10-11)18-13(20)4-9-24(21,22)19-5-7-23-8-6-19/h1-3,10H,4-9H2,(H,18,20). The Kier molecular flexibility index (Phi) is 5.83. The van der Waals surface area contributed by atoms with Gasteiger partial charge in [-0.05, 0) is 18.2 Å². The summed E-state index contributed by atoms with van der Waals surface area (Å²) in [5.74, 6) is -1.07. The quantitative estimate of drug-likeness (QED) is 0.861. The third-order valence-corrected chi connectivity index (χ3v) is 5.30. The van der Waals surface area contributed by atoms with Crippen LogP contribution in [0.5, 0.6) is 0 Å². The molecule has 1 aliphatic heterocycles. The molecule has 24 heavy (non-hydrogen) atoms. The molecule has 1 aromatic rings. The summed E-state index contributed by atoms with van der Waals surface area (Å²) in [4.78, 5) is 11.8. The number of rotatable bonds is 5. The summed E-state index contributed by atoms with van der Waals surface area (Å²) in [6.07, 6.45) is -4.85. The first-order chi connectivity index (χ1) is 11.2. The Morgan fingerprint density at radius 3 is 2.54 bits per heavy atom. The first kappa shape index (κ1) is 18.7. The van der Waals surface area contributed by atoms with Crippen molar-refractivity contribution in [1.82, 2.24) is 4.31 Å². The molecule has 1 saturated heterocycles. The van der Waals surface area contributed by atoms with Gasteiger partial charge in [0, 0.05) is 25.2 Å². The van der Waals surface area contributed by atoms with Gasteiger partial charge in [-0.25, -0.2) is 8.42 Å². The van der Waals surface area contributed by atoms with Crippen molar-refractivity contribution in [3.8, 4) is 0 Å². The molecule has 1 heterocycles. The largest absolute Gasteiger partial charge is 0.416 e. The maximum atomic E-state index is 12.6. The highest BCUT2D eigenvalue weighted by Gasteiger charge is 2.30. The van der Waals surface area contributed by atoms with Crippen molar-refractivity contribution in [3.05, 3.63) is 29.8 Å². The third-order valence-electron chi connectivity index (χ3n) is 3.42. The molecule has 0 aromatic heterocycles. The van der Waals surface area contributed by atoms with E-state index in [-0.39, 0.29) is 25.2 Å². The number of carbonyl (C=O) groups is 1. The topological polar surface area (TPSA) is 75.7 Å². The molecule has 0 spiro atoms. The average Bonchev–Trinajstić information content (AvgIpc) is 2.53. The highest BCUT2D eigenvalue weighted by Crippen LogP contribution is 2.30. The molecule has 2 rings (SSSR count). The van der Waals surface area contributed by atoms with Crippen molar-refractivity contribution < 1.29 is 31.1 Å². The molecule has 1 amide bonds. The van der Waals surface area contributed by atoms with E-state index in [4.69, 9.17) is 4.74 Å². The number of halogens is 3. The molecule has 0 radical (unpaired) electrons. The maximum Gasteiger partial charge on any atom is 0.416 e. The van der Waals surface area contributed by atoms with Gasteiger partial charge in [0.05, 0.1) is 24.5 Å². The fourth-order valence-electron chi connectivity index (χ4n) is 2.17. The molecule has 10 heteroatoms. The van der Waals surface area contributed by atoms with Gasteiger partial charge in [-0.2, -0.15) is 17.5 Å². The summed E-state index contributed by atoms with van der Waals surface area (Å²) in [5.41, 5.74) is -0.917. The van der Waals surface area contributed by atoms with E-state index in [2.05, 4.69) is 5.32 Å². The molecule has 134 valence electrons. The molecule has 1 aromatic carbocycles. The Morgan fingerprint density at radius 2 is 1.92 bits per heavy atom. The predicted molar refractivity (Wildman–Crippen MR) is 80.9 cm³/mol. The number of benzene rings is 1. The molecule has 1 aliphatic rings. The number of nitrogens with one attached hydrogen (secondary N) is 1. The van der Waals surface area contributed by atoms with Crippen molar-refractivity contribution in [2.24, 2.45) is 0 Å². The van der Waals surface area contributed by atoms with Crippen LogP contribution in [0.1, 0.15) is 12.0 Å². The Morgan fingerprint density at radius 1 is 1.25 bits per heavy atom. The minimum atomic E-state index is -4.51. The van der Waals surface area contributed by atoms with Gasteiger partial charge in [-0.15, -0.1) is 0 Å². The predicted octanol–water partition coefficient (Wildman–Crippen LogP) is 1.70. The minimum Gasteiger partial charge on any atom is -0.379 e.